The van der Waals surface area contributed by atoms with Crippen LogP contribution in [0.4, 0.5) is 4.39 Å². The van der Waals surface area contributed by atoms with Gasteiger partial charge in [-0.3, -0.25) is 4.90 Å². The molecule has 0 spiro atoms. The normalized spacial score (nSPS) is 22.4. The second-order valence-electron chi connectivity index (χ2n) is 4.74. The third-order valence-corrected chi connectivity index (χ3v) is 3.49. The molecule has 0 aromatic heterocycles. The van der Waals surface area contributed by atoms with Crippen LogP contribution >= 0.6 is 11.6 Å². The van der Waals surface area contributed by atoms with Crippen LogP contribution in [0.1, 0.15) is 24.8 Å². The van der Waals surface area contributed by atoms with E-state index in [0.29, 0.717) is 0 Å². The minimum Gasteiger partial charge on any atom is -0.327 e. The first kappa shape index (κ1) is 12.8. The zero-order valence-electron chi connectivity index (χ0n) is 9.83. The van der Waals surface area contributed by atoms with Gasteiger partial charge in [0.15, 0.2) is 0 Å². The van der Waals surface area contributed by atoms with Crippen molar-refractivity contribution < 1.29 is 4.39 Å². The van der Waals surface area contributed by atoms with Crippen molar-refractivity contribution >= 4 is 11.6 Å². The largest absolute Gasteiger partial charge is 0.327 e. The Kier molecular flexibility index (Phi) is 4.37. The fraction of sp³-hybridized carbons (Fsp3) is 0.538. The smallest absolute Gasteiger partial charge is 0.142 e. The Labute approximate surface area is 107 Å². The summed E-state index contributed by atoms with van der Waals surface area (Å²) in [5.41, 5.74) is 6.96. The van der Waals surface area contributed by atoms with Crippen LogP contribution in [-0.2, 0) is 6.54 Å². The van der Waals surface area contributed by atoms with Crippen LogP contribution < -0.4 is 5.73 Å². The molecular formula is C13H18ClFN2. The Morgan fingerprint density at radius 3 is 3.00 bits per heavy atom. The molecule has 1 aromatic carbocycles. The molecule has 1 aliphatic rings. The van der Waals surface area contributed by atoms with Crippen LogP contribution in [0.5, 0.6) is 0 Å². The van der Waals surface area contributed by atoms with Gasteiger partial charge in [-0.1, -0.05) is 24.1 Å². The van der Waals surface area contributed by atoms with Gasteiger partial charge in [0.25, 0.3) is 0 Å². The predicted octanol–water partition coefficient (Wildman–Crippen LogP) is 2.79. The van der Waals surface area contributed by atoms with Gasteiger partial charge in [0.2, 0.25) is 0 Å². The Morgan fingerprint density at radius 1 is 1.41 bits per heavy atom. The molecule has 2 rings (SSSR count). The molecule has 0 bridgehead atoms. The summed E-state index contributed by atoms with van der Waals surface area (Å²) in [6.07, 6.45) is 3.45. The highest BCUT2D eigenvalue weighted by Gasteiger charge is 2.15. The van der Waals surface area contributed by atoms with E-state index in [1.165, 1.54) is 18.9 Å². The molecule has 0 amide bonds. The topological polar surface area (TPSA) is 29.3 Å². The fourth-order valence-corrected chi connectivity index (χ4v) is 2.41. The average Bonchev–Trinajstić information content (AvgIpc) is 2.48. The SMILES string of the molecule is NC1CCCCN(Cc2ccc(Cl)c(F)c2)C1. The number of likely N-dealkylation sites (tertiary alicyclic amines) is 1. The summed E-state index contributed by atoms with van der Waals surface area (Å²) in [5, 5.41) is 0.182. The lowest BCUT2D eigenvalue weighted by Crippen LogP contribution is -2.35. The molecule has 0 aliphatic carbocycles. The van der Waals surface area contributed by atoms with Gasteiger partial charge in [0.1, 0.15) is 5.82 Å². The summed E-state index contributed by atoms with van der Waals surface area (Å²) in [5.74, 6) is -0.344. The maximum atomic E-state index is 13.3. The quantitative estimate of drug-likeness (QED) is 0.882. The lowest BCUT2D eigenvalue weighted by Gasteiger charge is -2.22. The van der Waals surface area contributed by atoms with Crippen molar-refractivity contribution in [3.8, 4) is 0 Å². The zero-order chi connectivity index (χ0) is 12.3. The molecule has 1 aliphatic heterocycles. The van der Waals surface area contributed by atoms with E-state index in [2.05, 4.69) is 4.90 Å². The highest BCUT2D eigenvalue weighted by molar-refractivity contribution is 6.30. The molecule has 17 heavy (non-hydrogen) atoms. The molecular weight excluding hydrogens is 239 g/mol. The average molecular weight is 257 g/mol. The fourth-order valence-electron chi connectivity index (χ4n) is 2.30. The van der Waals surface area contributed by atoms with Crippen LogP contribution in [0.2, 0.25) is 5.02 Å². The second-order valence-corrected chi connectivity index (χ2v) is 5.15. The molecule has 1 unspecified atom stereocenters. The van der Waals surface area contributed by atoms with Crippen LogP contribution in [-0.4, -0.2) is 24.0 Å². The third kappa shape index (κ3) is 3.66. The van der Waals surface area contributed by atoms with Crippen molar-refractivity contribution in [3.63, 3.8) is 0 Å². The van der Waals surface area contributed by atoms with Crippen LogP contribution in [0.15, 0.2) is 18.2 Å². The molecule has 1 fully saturated rings. The first-order valence-electron chi connectivity index (χ1n) is 6.07. The molecule has 2 N–H and O–H groups in total. The van der Waals surface area contributed by atoms with Gasteiger partial charge < -0.3 is 5.73 Å². The van der Waals surface area contributed by atoms with Crippen LogP contribution in [0.25, 0.3) is 0 Å². The number of nitrogens with two attached hydrogens (primary N) is 1. The van der Waals surface area contributed by atoms with Crippen LogP contribution in [0, 0.1) is 5.82 Å². The first-order valence-corrected chi connectivity index (χ1v) is 6.45. The van der Waals surface area contributed by atoms with Gasteiger partial charge in [0, 0.05) is 19.1 Å². The number of hydrogen-bond donors (Lipinski definition) is 1. The van der Waals surface area contributed by atoms with E-state index in [-0.39, 0.29) is 16.9 Å². The summed E-state index contributed by atoms with van der Waals surface area (Å²) in [6, 6.07) is 5.25. The summed E-state index contributed by atoms with van der Waals surface area (Å²) < 4.78 is 13.3. The molecule has 1 aromatic rings. The minimum atomic E-state index is -0.344. The molecule has 0 saturated carbocycles. The van der Waals surface area contributed by atoms with E-state index in [1.807, 2.05) is 6.07 Å². The van der Waals surface area contributed by atoms with Gasteiger partial charge >= 0.3 is 0 Å². The van der Waals surface area contributed by atoms with Gasteiger partial charge in [-0.25, -0.2) is 4.39 Å². The van der Waals surface area contributed by atoms with E-state index < -0.39 is 0 Å². The van der Waals surface area contributed by atoms with E-state index in [9.17, 15) is 4.39 Å². The molecule has 1 saturated heterocycles. The number of halogens is 2. The third-order valence-electron chi connectivity index (χ3n) is 3.18. The van der Waals surface area contributed by atoms with Crippen molar-refractivity contribution in [1.82, 2.24) is 4.90 Å². The second kappa shape index (κ2) is 5.80. The maximum Gasteiger partial charge on any atom is 0.142 e. The standard InChI is InChI=1S/C13H18ClFN2/c14-12-5-4-10(7-13(12)15)8-17-6-2-1-3-11(16)9-17/h4-5,7,11H,1-3,6,8-9,16H2. The van der Waals surface area contributed by atoms with Crippen LogP contribution in [0.3, 0.4) is 0 Å². The minimum absolute atomic E-state index is 0.182. The van der Waals surface area contributed by atoms with Gasteiger partial charge in [-0.2, -0.15) is 0 Å². The van der Waals surface area contributed by atoms with Gasteiger partial charge in [-0.15, -0.1) is 0 Å². The number of benzene rings is 1. The molecule has 1 atom stereocenters. The predicted molar refractivity (Wildman–Crippen MR) is 68.5 cm³/mol. The highest BCUT2D eigenvalue weighted by Crippen LogP contribution is 2.18. The van der Waals surface area contributed by atoms with E-state index in [4.69, 9.17) is 17.3 Å². The van der Waals surface area contributed by atoms with Crippen molar-refractivity contribution in [2.45, 2.75) is 31.8 Å². The van der Waals surface area contributed by atoms with Crippen molar-refractivity contribution in [1.29, 1.82) is 0 Å². The summed E-state index contributed by atoms with van der Waals surface area (Å²) >= 11 is 5.66. The lowest BCUT2D eigenvalue weighted by atomic mass is 10.1. The molecule has 94 valence electrons. The van der Waals surface area contributed by atoms with Crippen molar-refractivity contribution in [2.24, 2.45) is 5.73 Å². The number of hydrogen-bond acceptors (Lipinski definition) is 2. The number of nitrogens with zero attached hydrogens (tertiary/aromatic N) is 1. The number of rotatable bonds is 2. The molecule has 4 heteroatoms. The van der Waals surface area contributed by atoms with Crippen molar-refractivity contribution in [3.05, 3.63) is 34.6 Å². The molecule has 2 nitrogen and oxygen atoms in total. The lowest BCUT2D eigenvalue weighted by molar-refractivity contribution is 0.264. The Bertz CT molecular complexity index is 384. The van der Waals surface area contributed by atoms with E-state index in [0.717, 1.165) is 31.6 Å². The van der Waals surface area contributed by atoms with Crippen molar-refractivity contribution in [2.75, 3.05) is 13.1 Å². The maximum absolute atomic E-state index is 13.3. The summed E-state index contributed by atoms with van der Waals surface area (Å²) in [7, 11) is 0. The Hall–Kier alpha value is -0.640. The van der Waals surface area contributed by atoms with E-state index >= 15 is 0 Å². The zero-order valence-corrected chi connectivity index (χ0v) is 10.6. The summed E-state index contributed by atoms with van der Waals surface area (Å²) in [4.78, 5) is 2.29. The molecule has 1 heterocycles. The van der Waals surface area contributed by atoms with E-state index in [1.54, 1.807) is 6.07 Å². The molecule has 0 radical (unpaired) electrons. The highest BCUT2D eigenvalue weighted by atomic mass is 35.5. The summed E-state index contributed by atoms with van der Waals surface area (Å²) in [6.45, 7) is 2.68. The first-order chi connectivity index (χ1) is 8.15. The monoisotopic (exact) mass is 256 g/mol. The Morgan fingerprint density at radius 2 is 2.24 bits per heavy atom. The van der Waals surface area contributed by atoms with Gasteiger partial charge in [-0.05, 0) is 37.1 Å². The van der Waals surface area contributed by atoms with Gasteiger partial charge in [0.05, 0.1) is 5.02 Å². The Balaban J connectivity index is 2.01.